The number of nitrogens with one attached hydrogen (secondary N) is 1. The molecule has 1 rings (SSSR count). The van der Waals surface area contributed by atoms with Gasteiger partial charge < -0.3 is 14.8 Å². The molecule has 128 valence electrons. The van der Waals surface area contributed by atoms with Gasteiger partial charge in [-0.15, -0.1) is 0 Å². The number of hydrogen-bond donors (Lipinski definition) is 1. The zero-order valence-corrected chi connectivity index (χ0v) is 15.6. The summed E-state index contributed by atoms with van der Waals surface area (Å²) in [5.74, 6) is 1.24. The maximum atomic E-state index is 11.9. The van der Waals surface area contributed by atoms with Crippen molar-refractivity contribution in [2.75, 3.05) is 13.7 Å². The van der Waals surface area contributed by atoms with Crippen molar-refractivity contribution in [2.24, 2.45) is 5.92 Å². The lowest BCUT2D eigenvalue weighted by molar-refractivity contribution is -0.123. The van der Waals surface area contributed by atoms with E-state index >= 15 is 0 Å². The van der Waals surface area contributed by atoms with E-state index in [2.05, 4.69) is 35.1 Å². The van der Waals surface area contributed by atoms with Gasteiger partial charge in [0, 0.05) is 16.1 Å². The summed E-state index contributed by atoms with van der Waals surface area (Å²) in [6, 6.07) is 3.29. The van der Waals surface area contributed by atoms with Crippen LogP contribution in [0, 0.1) is 5.92 Å². The van der Waals surface area contributed by atoms with Gasteiger partial charge in [0.15, 0.2) is 24.4 Å². The highest BCUT2D eigenvalue weighted by Crippen LogP contribution is 2.32. The van der Waals surface area contributed by atoms with Gasteiger partial charge in [0.25, 0.3) is 5.91 Å². The second-order valence-corrected chi connectivity index (χ2v) is 6.73. The topological polar surface area (TPSA) is 64.6 Å². The van der Waals surface area contributed by atoms with Gasteiger partial charge in [-0.05, 0) is 53.7 Å². The molecule has 0 radical (unpaired) electrons. The smallest absolute Gasteiger partial charge is 0.258 e. The summed E-state index contributed by atoms with van der Waals surface area (Å²) in [6.07, 6.45) is 2.70. The molecule has 0 aliphatic carbocycles. The van der Waals surface area contributed by atoms with Crippen LogP contribution < -0.4 is 14.8 Å². The second kappa shape index (κ2) is 9.55. The van der Waals surface area contributed by atoms with Crippen LogP contribution in [0.2, 0.25) is 0 Å². The molecule has 0 aromatic heterocycles. The molecule has 5 nitrogen and oxygen atoms in total. The minimum absolute atomic E-state index is 0.103. The van der Waals surface area contributed by atoms with Gasteiger partial charge in [-0.25, -0.2) is 0 Å². The molecule has 0 fully saturated rings. The predicted octanol–water partition coefficient (Wildman–Crippen LogP) is 3.59. The van der Waals surface area contributed by atoms with E-state index in [0.29, 0.717) is 33.7 Å². The molecule has 6 heteroatoms. The van der Waals surface area contributed by atoms with Crippen LogP contribution in [-0.4, -0.2) is 32.0 Å². The molecular formula is C17H24BrNO4. The third kappa shape index (κ3) is 6.60. The number of aldehydes is 1. The number of halogens is 1. The Hall–Kier alpha value is -1.56. The molecule has 0 aliphatic heterocycles. The van der Waals surface area contributed by atoms with E-state index in [1.165, 1.54) is 7.11 Å². The van der Waals surface area contributed by atoms with Crippen molar-refractivity contribution in [1.82, 2.24) is 5.32 Å². The Morgan fingerprint density at radius 2 is 1.96 bits per heavy atom. The van der Waals surface area contributed by atoms with Gasteiger partial charge >= 0.3 is 0 Å². The number of methoxy groups -OCH3 is 1. The van der Waals surface area contributed by atoms with Crippen LogP contribution in [0.4, 0.5) is 0 Å². The van der Waals surface area contributed by atoms with E-state index in [0.717, 1.165) is 12.8 Å². The summed E-state index contributed by atoms with van der Waals surface area (Å²) in [5.41, 5.74) is 0.437. The summed E-state index contributed by atoms with van der Waals surface area (Å²) < 4.78 is 11.3. The third-order valence-electron chi connectivity index (χ3n) is 3.35. The number of carbonyl (C=O) groups is 2. The number of benzene rings is 1. The Labute approximate surface area is 145 Å². The fourth-order valence-electron chi connectivity index (χ4n) is 2.03. The number of ether oxygens (including phenoxy) is 2. The summed E-state index contributed by atoms with van der Waals surface area (Å²) in [6.45, 7) is 6.16. The number of rotatable bonds is 9. The molecule has 0 spiro atoms. The second-order valence-electron chi connectivity index (χ2n) is 5.87. The molecule has 0 bridgehead atoms. The predicted molar refractivity (Wildman–Crippen MR) is 93.3 cm³/mol. The first-order chi connectivity index (χ1) is 10.9. The molecule has 0 aliphatic rings. The van der Waals surface area contributed by atoms with Crippen LogP contribution >= 0.6 is 15.9 Å². The fourth-order valence-corrected chi connectivity index (χ4v) is 2.44. The van der Waals surface area contributed by atoms with Crippen molar-refractivity contribution in [1.29, 1.82) is 0 Å². The van der Waals surface area contributed by atoms with Gasteiger partial charge in [-0.2, -0.15) is 0 Å². The van der Waals surface area contributed by atoms with E-state index < -0.39 is 0 Å². The largest absolute Gasteiger partial charge is 0.493 e. The van der Waals surface area contributed by atoms with Crippen LogP contribution in [0.1, 0.15) is 44.0 Å². The molecule has 0 unspecified atom stereocenters. The van der Waals surface area contributed by atoms with Crippen molar-refractivity contribution in [3.8, 4) is 11.5 Å². The molecule has 1 N–H and O–H groups in total. The molecule has 1 atom stereocenters. The Balaban J connectivity index is 2.60. The first-order valence-corrected chi connectivity index (χ1v) is 8.41. The van der Waals surface area contributed by atoms with E-state index in [1.54, 1.807) is 12.1 Å². The molecular weight excluding hydrogens is 362 g/mol. The first-order valence-electron chi connectivity index (χ1n) is 7.62. The lowest BCUT2D eigenvalue weighted by Gasteiger charge is -2.16. The molecule has 1 amide bonds. The van der Waals surface area contributed by atoms with Crippen LogP contribution in [0.5, 0.6) is 11.5 Å². The van der Waals surface area contributed by atoms with Crippen molar-refractivity contribution in [2.45, 2.75) is 39.7 Å². The van der Waals surface area contributed by atoms with Gasteiger partial charge in [-0.3, -0.25) is 9.59 Å². The normalized spacial score (nSPS) is 11.9. The molecule has 0 saturated carbocycles. The first kappa shape index (κ1) is 19.5. The standard InChI is InChI=1S/C17H24BrNO4/c1-11(2)5-6-12(3)19-17(21)10-23-16-7-13(9-20)14(18)8-15(16)22-4/h7-9,11-12H,5-6,10H2,1-4H3,(H,19,21)/t12-/m0/s1. The Bertz CT molecular complexity index is 546. The highest BCUT2D eigenvalue weighted by molar-refractivity contribution is 9.10. The van der Waals surface area contributed by atoms with E-state index in [4.69, 9.17) is 9.47 Å². The zero-order chi connectivity index (χ0) is 17.4. The van der Waals surface area contributed by atoms with Crippen LogP contribution in [0.25, 0.3) is 0 Å². The Morgan fingerprint density at radius 3 is 2.52 bits per heavy atom. The number of carbonyl (C=O) groups excluding carboxylic acids is 2. The van der Waals surface area contributed by atoms with Gasteiger partial charge in [-0.1, -0.05) is 13.8 Å². The summed E-state index contributed by atoms with van der Waals surface area (Å²) >= 11 is 3.28. The van der Waals surface area contributed by atoms with Crippen molar-refractivity contribution in [3.05, 3.63) is 22.2 Å². The minimum atomic E-state index is -0.195. The van der Waals surface area contributed by atoms with E-state index in [9.17, 15) is 9.59 Å². The molecule has 1 aromatic carbocycles. The zero-order valence-electron chi connectivity index (χ0n) is 14.0. The fraction of sp³-hybridized carbons (Fsp3) is 0.529. The minimum Gasteiger partial charge on any atom is -0.493 e. The molecule has 1 aromatic rings. The lowest BCUT2D eigenvalue weighted by atomic mass is 10.0. The summed E-state index contributed by atoms with van der Waals surface area (Å²) in [5, 5.41) is 2.90. The Kier molecular flexibility index (Phi) is 8.09. The van der Waals surface area contributed by atoms with E-state index in [1.807, 2.05) is 6.92 Å². The van der Waals surface area contributed by atoms with E-state index in [-0.39, 0.29) is 18.6 Å². The highest BCUT2D eigenvalue weighted by Gasteiger charge is 2.13. The van der Waals surface area contributed by atoms with Gasteiger partial charge in [0.2, 0.25) is 0 Å². The quantitative estimate of drug-likeness (QED) is 0.659. The SMILES string of the molecule is COc1cc(Br)c(C=O)cc1OCC(=O)N[C@@H](C)CCC(C)C. The average molecular weight is 386 g/mol. The Morgan fingerprint density at radius 1 is 1.26 bits per heavy atom. The maximum absolute atomic E-state index is 11.9. The number of hydrogen-bond acceptors (Lipinski definition) is 4. The third-order valence-corrected chi connectivity index (χ3v) is 4.04. The van der Waals surface area contributed by atoms with Crippen molar-refractivity contribution >= 4 is 28.1 Å². The van der Waals surface area contributed by atoms with Crippen molar-refractivity contribution < 1.29 is 19.1 Å². The van der Waals surface area contributed by atoms with Crippen molar-refractivity contribution in [3.63, 3.8) is 0 Å². The monoisotopic (exact) mass is 385 g/mol. The lowest BCUT2D eigenvalue weighted by Crippen LogP contribution is -2.36. The summed E-state index contributed by atoms with van der Waals surface area (Å²) in [7, 11) is 1.50. The summed E-state index contributed by atoms with van der Waals surface area (Å²) in [4.78, 5) is 22.9. The van der Waals surface area contributed by atoms with Gasteiger partial charge in [0.05, 0.1) is 7.11 Å². The van der Waals surface area contributed by atoms with Crippen LogP contribution in [-0.2, 0) is 4.79 Å². The number of amides is 1. The average Bonchev–Trinajstić information content (AvgIpc) is 2.51. The van der Waals surface area contributed by atoms with Gasteiger partial charge in [0.1, 0.15) is 0 Å². The maximum Gasteiger partial charge on any atom is 0.258 e. The molecule has 0 saturated heterocycles. The molecule has 23 heavy (non-hydrogen) atoms. The molecule has 0 heterocycles. The highest BCUT2D eigenvalue weighted by atomic mass is 79.9. The van der Waals surface area contributed by atoms with Crippen LogP contribution in [0.15, 0.2) is 16.6 Å². The van der Waals surface area contributed by atoms with Crippen LogP contribution in [0.3, 0.4) is 0 Å².